The van der Waals surface area contributed by atoms with Crippen LogP contribution in [0.1, 0.15) is 29.3 Å². The molecule has 0 radical (unpaired) electrons. The standard InChI is InChI=1S/C27H27N3O2/c1-19(11-12-20-7-4-3-5-8-20)28-27(31)22-15-13-21(14-16-22)25-18-26(30-29-25)23-9-6-10-24(17-23)32-2/h3-10,13-19H,11-12H2,1-2H3,(H,28,31)(H,29,30)/t19-/m1/s1. The molecule has 32 heavy (non-hydrogen) atoms. The van der Waals surface area contributed by atoms with Crippen molar-refractivity contribution in [3.63, 3.8) is 0 Å². The van der Waals surface area contributed by atoms with E-state index in [1.807, 2.05) is 79.7 Å². The van der Waals surface area contributed by atoms with Gasteiger partial charge in [-0.25, -0.2) is 0 Å². The molecule has 0 saturated heterocycles. The summed E-state index contributed by atoms with van der Waals surface area (Å²) in [6, 6.07) is 27.8. The Bertz CT molecular complexity index is 1170. The molecule has 0 saturated carbocycles. The molecule has 1 aromatic heterocycles. The Morgan fingerprint density at radius 3 is 2.50 bits per heavy atom. The number of rotatable bonds is 8. The topological polar surface area (TPSA) is 67.0 Å². The third-order valence-corrected chi connectivity index (χ3v) is 5.49. The number of hydrogen-bond acceptors (Lipinski definition) is 3. The van der Waals surface area contributed by atoms with Crippen LogP contribution in [-0.2, 0) is 6.42 Å². The molecule has 5 nitrogen and oxygen atoms in total. The van der Waals surface area contributed by atoms with Gasteiger partial charge in [0.05, 0.1) is 18.5 Å². The van der Waals surface area contributed by atoms with Crippen molar-refractivity contribution in [1.29, 1.82) is 0 Å². The van der Waals surface area contributed by atoms with Crippen LogP contribution in [0.25, 0.3) is 22.5 Å². The highest BCUT2D eigenvalue weighted by Crippen LogP contribution is 2.26. The third-order valence-electron chi connectivity index (χ3n) is 5.49. The fourth-order valence-electron chi connectivity index (χ4n) is 3.61. The summed E-state index contributed by atoms with van der Waals surface area (Å²) >= 11 is 0. The molecule has 0 fully saturated rings. The van der Waals surface area contributed by atoms with Crippen molar-refractivity contribution in [2.75, 3.05) is 7.11 Å². The summed E-state index contributed by atoms with van der Waals surface area (Å²) in [6.07, 6.45) is 1.84. The first-order chi connectivity index (χ1) is 15.6. The molecule has 2 N–H and O–H groups in total. The maximum Gasteiger partial charge on any atom is 0.251 e. The van der Waals surface area contributed by atoms with Crippen LogP contribution in [0.5, 0.6) is 5.75 Å². The zero-order chi connectivity index (χ0) is 22.3. The van der Waals surface area contributed by atoms with Gasteiger partial charge < -0.3 is 10.1 Å². The first-order valence-corrected chi connectivity index (χ1v) is 10.8. The first kappa shape index (κ1) is 21.4. The van der Waals surface area contributed by atoms with Gasteiger partial charge in [-0.2, -0.15) is 5.10 Å². The highest BCUT2D eigenvalue weighted by Gasteiger charge is 2.11. The first-order valence-electron chi connectivity index (χ1n) is 10.8. The molecule has 162 valence electrons. The fraction of sp³-hybridized carbons (Fsp3) is 0.185. The molecule has 0 aliphatic rings. The SMILES string of the molecule is COc1cccc(-c2cc(-c3ccc(C(=O)N[C@H](C)CCc4ccccc4)cc3)[nH]n2)c1. The summed E-state index contributed by atoms with van der Waals surface area (Å²) in [4.78, 5) is 12.6. The summed E-state index contributed by atoms with van der Waals surface area (Å²) in [7, 11) is 1.65. The summed E-state index contributed by atoms with van der Waals surface area (Å²) < 4.78 is 5.29. The summed E-state index contributed by atoms with van der Waals surface area (Å²) in [5.41, 5.74) is 5.62. The van der Waals surface area contributed by atoms with Gasteiger partial charge in [-0.1, -0.05) is 54.6 Å². The lowest BCUT2D eigenvalue weighted by Crippen LogP contribution is -2.32. The van der Waals surface area contributed by atoms with Gasteiger partial charge in [0.2, 0.25) is 0 Å². The number of benzene rings is 3. The number of aromatic amines is 1. The van der Waals surface area contributed by atoms with E-state index in [1.54, 1.807) is 7.11 Å². The molecule has 0 aliphatic heterocycles. The van der Waals surface area contributed by atoms with E-state index in [-0.39, 0.29) is 11.9 Å². The van der Waals surface area contributed by atoms with Crippen LogP contribution in [0.4, 0.5) is 0 Å². The average molecular weight is 426 g/mol. The lowest BCUT2D eigenvalue weighted by atomic mass is 10.0. The van der Waals surface area contributed by atoms with Crippen LogP contribution >= 0.6 is 0 Å². The predicted octanol–water partition coefficient (Wildman–Crippen LogP) is 5.50. The van der Waals surface area contributed by atoms with Crippen LogP contribution in [0.2, 0.25) is 0 Å². The van der Waals surface area contributed by atoms with Crippen molar-refractivity contribution in [2.24, 2.45) is 0 Å². The van der Waals surface area contributed by atoms with Gasteiger partial charge in [-0.15, -0.1) is 0 Å². The van der Waals surface area contributed by atoms with Gasteiger partial charge in [-0.05, 0) is 61.2 Å². The molecule has 0 spiro atoms. The number of amides is 1. The minimum Gasteiger partial charge on any atom is -0.497 e. The fourth-order valence-corrected chi connectivity index (χ4v) is 3.61. The molecule has 1 heterocycles. The molecular formula is C27H27N3O2. The van der Waals surface area contributed by atoms with Crippen LogP contribution in [0, 0.1) is 0 Å². The number of hydrogen-bond donors (Lipinski definition) is 2. The lowest BCUT2D eigenvalue weighted by molar-refractivity contribution is 0.0938. The second-order valence-electron chi connectivity index (χ2n) is 7.87. The largest absolute Gasteiger partial charge is 0.497 e. The maximum atomic E-state index is 12.6. The summed E-state index contributed by atoms with van der Waals surface area (Å²) in [6.45, 7) is 2.04. The smallest absolute Gasteiger partial charge is 0.251 e. The van der Waals surface area contributed by atoms with E-state index in [2.05, 4.69) is 27.6 Å². The van der Waals surface area contributed by atoms with E-state index in [4.69, 9.17) is 4.74 Å². The number of H-pyrrole nitrogens is 1. The van der Waals surface area contributed by atoms with Gasteiger partial charge in [0.1, 0.15) is 5.75 Å². The molecule has 0 bridgehead atoms. The van der Waals surface area contributed by atoms with Crippen molar-refractivity contribution >= 4 is 5.91 Å². The molecule has 0 unspecified atom stereocenters. The Morgan fingerprint density at radius 1 is 0.969 bits per heavy atom. The van der Waals surface area contributed by atoms with Crippen LogP contribution in [0.3, 0.4) is 0 Å². The van der Waals surface area contributed by atoms with Crippen molar-refractivity contribution < 1.29 is 9.53 Å². The third kappa shape index (κ3) is 5.24. The minimum atomic E-state index is -0.0567. The highest BCUT2D eigenvalue weighted by molar-refractivity contribution is 5.94. The van der Waals surface area contributed by atoms with Gasteiger partial charge in [-0.3, -0.25) is 9.89 Å². The highest BCUT2D eigenvalue weighted by atomic mass is 16.5. The zero-order valence-electron chi connectivity index (χ0n) is 18.3. The van der Waals surface area contributed by atoms with Gasteiger partial charge in [0, 0.05) is 17.2 Å². The Kier molecular flexibility index (Phi) is 6.66. The number of methoxy groups -OCH3 is 1. The average Bonchev–Trinajstić information content (AvgIpc) is 3.34. The Balaban J connectivity index is 1.37. The number of nitrogens with zero attached hydrogens (tertiary/aromatic N) is 1. The number of nitrogens with one attached hydrogen (secondary N) is 2. The van der Waals surface area contributed by atoms with E-state index < -0.39 is 0 Å². The lowest BCUT2D eigenvalue weighted by Gasteiger charge is -2.14. The second kappa shape index (κ2) is 9.96. The van der Waals surface area contributed by atoms with E-state index >= 15 is 0 Å². The zero-order valence-corrected chi connectivity index (χ0v) is 18.3. The summed E-state index contributed by atoms with van der Waals surface area (Å²) in [5, 5.41) is 10.6. The molecule has 4 aromatic rings. The van der Waals surface area contributed by atoms with Crippen LogP contribution < -0.4 is 10.1 Å². The molecule has 4 rings (SSSR count). The molecular weight excluding hydrogens is 398 g/mol. The number of aromatic nitrogens is 2. The van der Waals surface area contributed by atoms with Gasteiger partial charge in [0.15, 0.2) is 0 Å². The Morgan fingerprint density at radius 2 is 1.75 bits per heavy atom. The van der Waals surface area contributed by atoms with E-state index in [1.165, 1.54) is 5.56 Å². The maximum absolute atomic E-state index is 12.6. The van der Waals surface area contributed by atoms with E-state index in [9.17, 15) is 4.79 Å². The predicted molar refractivity (Wildman–Crippen MR) is 128 cm³/mol. The monoisotopic (exact) mass is 425 g/mol. The van der Waals surface area contributed by atoms with E-state index in [0.717, 1.165) is 41.1 Å². The van der Waals surface area contributed by atoms with Crippen molar-refractivity contribution in [3.05, 3.63) is 96.1 Å². The number of aryl methyl sites for hydroxylation is 1. The second-order valence-corrected chi connectivity index (χ2v) is 7.87. The molecule has 1 amide bonds. The number of ether oxygens (including phenoxy) is 1. The molecule has 5 heteroatoms. The van der Waals surface area contributed by atoms with Crippen molar-refractivity contribution in [1.82, 2.24) is 15.5 Å². The quantitative estimate of drug-likeness (QED) is 0.391. The number of carbonyl (C=O) groups excluding carboxylic acids is 1. The molecule has 0 aliphatic carbocycles. The Hall–Kier alpha value is -3.86. The van der Waals surface area contributed by atoms with E-state index in [0.29, 0.717) is 5.56 Å². The van der Waals surface area contributed by atoms with Crippen molar-refractivity contribution in [3.8, 4) is 28.3 Å². The number of carbonyl (C=O) groups is 1. The van der Waals surface area contributed by atoms with Crippen LogP contribution in [-0.4, -0.2) is 29.3 Å². The summed E-state index contributed by atoms with van der Waals surface area (Å²) in [5.74, 6) is 0.735. The molecule has 1 atom stereocenters. The Labute approximate surface area is 188 Å². The molecule has 3 aromatic carbocycles. The van der Waals surface area contributed by atoms with Crippen LogP contribution in [0.15, 0.2) is 84.9 Å². The van der Waals surface area contributed by atoms with Gasteiger partial charge >= 0.3 is 0 Å². The van der Waals surface area contributed by atoms with Crippen molar-refractivity contribution in [2.45, 2.75) is 25.8 Å². The van der Waals surface area contributed by atoms with Gasteiger partial charge in [0.25, 0.3) is 5.91 Å². The minimum absolute atomic E-state index is 0.0567. The normalized spacial score (nSPS) is 11.7.